The standard InChI is InChI=1S/C33H32BrN5O4/c1-33(2,3)43-32(41)39-19-28-26(17-27(39)31(40)42-20-22-12-8-5-9-13-22)35-30(38(28)18-21-10-6-4-7-11-21)29-24-15-14-23(34)16-25(24)36-37-29/h4-16,27H,17-20H2,1-3H3,(H,36,37). The zero-order valence-corrected chi connectivity index (χ0v) is 25.8. The van der Waals surface area contributed by atoms with E-state index in [9.17, 15) is 9.59 Å². The van der Waals surface area contributed by atoms with Gasteiger partial charge in [0, 0.05) is 22.8 Å². The minimum atomic E-state index is -0.897. The lowest BCUT2D eigenvalue weighted by Crippen LogP contribution is -2.51. The Bertz CT molecular complexity index is 1780. The van der Waals surface area contributed by atoms with Crippen molar-refractivity contribution in [1.82, 2.24) is 24.6 Å². The number of imidazole rings is 1. The van der Waals surface area contributed by atoms with Gasteiger partial charge in [-0.25, -0.2) is 14.6 Å². The normalized spacial score (nSPS) is 14.9. The van der Waals surface area contributed by atoms with Crippen LogP contribution in [0.25, 0.3) is 22.4 Å². The Hall–Kier alpha value is -4.44. The predicted molar refractivity (Wildman–Crippen MR) is 166 cm³/mol. The molecule has 0 radical (unpaired) electrons. The molecule has 9 nitrogen and oxygen atoms in total. The van der Waals surface area contributed by atoms with Crippen molar-refractivity contribution in [2.75, 3.05) is 0 Å². The first-order valence-corrected chi connectivity index (χ1v) is 14.9. The molecule has 6 rings (SSSR count). The quantitative estimate of drug-likeness (QED) is 0.209. The molecule has 0 fully saturated rings. The van der Waals surface area contributed by atoms with E-state index in [1.807, 2.05) is 99.6 Å². The summed E-state index contributed by atoms with van der Waals surface area (Å²) in [4.78, 5) is 33.6. The highest BCUT2D eigenvalue weighted by Gasteiger charge is 2.41. The van der Waals surface area contributed by atoms with E-state index in [4.69, 9.17) is 14.5 Å². The van der Waals surface area contributed by atoms with Crippen molar-refractivity contribution in [1.29, 1.82) is 0 Å². The molecule has 43 heavy (non-hydrogen) atoms. The molecule has 220 valence electrons. The number of nitrogens with zero attached hydrogens (tertiary/aromatic N) is 4. The molecule has 1 amide bonds. The molecule has 0 saturated carbocycles. The first kappa shape index (κ1) is 28.7. The van der Waals surface area contributed by atoms with Gasteiger partial charge in [0.05, 0.1) is 23.4 Å². The van der Waals surface area contributed by atoms with Crippen molar-refractivity contribution < 1.29 is 19.1 Å². The van der Waals surface area contributed by atoms with Crippen LogP contribution in [-0.2, 0) is 40.4 Å². The molecule has 0 spiro atoms. The largest absolute Gasteiger partial charge is 0.459 e. The van der Waals surface area contributed by atoms with Gasteiger partial charge in [0.2, 0.25) is 0 Å². The van der Waals surface area contributed by atoms with Gasteiger partial charge in [-0.1, -0.05) is 76.6 Å². The summed E-state index contributed by atoms with van der Waals surface area (Å²) in [5, 5.41) is 8.68. The predicted octanol–water partition coefficient (Wildman–Crippen LogP) is 6.64. The molecule has 5 aromatic rings. The zero-order valence-electron chi connectivity index (χ0n) is 24.2. The number of halogens is 1. The van der Waals surface area contributed by atoms with Gasteiger partial charge < -0.3 is 14.0 Å². The van der Waals surface area contributed by atoms with Crippen LogP contribution in [0.2, 0.25) is 0 Å². The Kier molecular flexibility index (Phi) is 7.79. The van der Waals surface area contributed by atoms with E-state index in [1.54, 1.807) is 0 Å². The van der Waals surface area contributed by atoms with E-state index < -0.39 is 23.7 Å². The molecule has 3 aromatic carbocycles. The number of H-pyrrole nitrogens is 1. The van der Waals surface area contributed by atoms with E-state index in [0.717, 1.165) is 37.9 Å². The fourth-order valence-electron chi connectivity index (χ4n) is 5.27. The van der Waals surface area contributed by atoms with Crippen LogP contribution in [0.15, 0.2) is 83.3 Å². The van der Waals surface area contributed by atoms with Gasteiger partial charge in [-0.15, -0.1) is 0 Å². The maximum absolute atomic E-state index is 13.6. The highest BCUT2D eigenvalue weighted by atomic mass is 79.9. The molecule has 10 heteroatoms. The Morgan fingerprint density at radius 1 is 1.00 bits per heavy atom. The van der Waals surface area contributed by atoms with Crippen molar-refractivity contribution in [3.8, 4) is 11.5 Å². The summed E-state index contributed by atoms with van der Waals surface area (Å²) in [6.07, 6.45) is -0.394. The maximum atomic E-state index is 13.6. The minimum absolute atomic E-state index is 0.105. The monoisotopic (exact) mass is 641 g/mol. The Morgan fingerprint density at radius 2 is 1.70 bits per heavy atom. The van der Waals surface area contributed by atoms with Gasteiger partial charge in [0.1, 0.15) is 23.9 Å². The number of fused-ring (bicyclic) bond motifs is 2. The second-order valence-corrected chi connectivity index (χ2v) is 12.5. The molecule has 0 bridgehead atoms. The number of carbonyl (C=O) groups excluding carboxylic acids is 2. The average molecular weight is 643 g/mol. The van der Waals surface area contributed by atoms with Crippen LogP contribution >= 0.6 is 15.9 Å². The van der Waals surface area contributed by atoms with Crippen LogP contribution in [-0.4, -0.2) is 48.4 Å². The smallest absolute Gasteiger partial charge is 0.411 e. The van der Waals surface area contributed by atoms with E-state index in [0.29, 0.717) is 18.1 Å². The number of rotatable bonds is 6. The van der Waals surface area contributed by atoms with Gasteiger partial charge in [0.25, 0.3) is 0 Å². The molecule has 0 saturated heterocycles. The molecule has 1 aliphatic heterocycles. The molecular formula is C33H32BrN5O4. The SMILES string of the molecule is CC(C)(C)OC(=O)N1Cc2c(nc(-c3n[nH]c4cc(Br)ccc34)n2Cc2ccccc2)CC1C(=O)OCc1ccccc1. The van der Waals surface area contributed by atoms with E-state index in [1.165, 1.54) is 4.90 Å². The number of benzene rings is 3. The van der Waals surface area contributed by atoms with Crippen LogP contribution < -0.4 is 0 Å². The lowest BCUT2D eigenvalue weighted by atomic mass is 10.0. The number of esters is 1. The van der Waals surface area contributed by atoms with Crippen molar-refractivity contribution in [3.63, 3.8) is 0 Å². The first-order valence-electron chi connectivity index (χ1n) is 14.1. The Labute approximate surface area is 258 Å². The number of aromatic nitrogens is 4. The molecule has 1 atom stereocenters. The van der Waals surface area contributed by atoms with Gasteiger partial charge in [0.15, 0.2) is 5.82 Å². The lowest BCUT2D eigenvalue weighted by molar-refractivity contribution is -0.152. The highest BCUT2D eigenvalue weighted by Crippen LogP contribution is 2.34. The number of aromatic amines is 1. The van der Waals surface area contributed by atoms with Gasteiger partial charge >= 0.3 is 12.1 Å². The summed E-state index contributed by atoms with van der Waals surface area (Å²) < 4.78 is 14.5. The fourth-order valence-corrected chi connectivity index (χ4v) is 5.63. The molecular weight excluding hydrogens is 610 g/mol. The van der Waals surface area contributed by atoms with Crippen molar-refractivity contribution in [3.05, 3.63) is 106 Å². The van der Waals surface area contributed by atoms with Gasteiger partial charge in [-0.3, -0.25) is 10.00 Å². The zero-order chi connectivity index (χ0) is 30.1. The first-order chi connectivity index (χ1) is 20.7. The maximum Gasteiger partial charge on any atom is 0.411 e. The second-order valence-electron chi connectivity index (χ2n) is 11.6. The minimum Gasteiger partial charge on any atom is -0.459 e. The van der Waals surface area contributed by atoms with Gasteiger partial charge in [-0.05, 0) is 50.1 Å². The molecule has 1 aliphatic rings. The van der Waals surface area contributed by atoms with E-state index in [-0.39, 0.29) is 19.6 Å². The highest BCUT2D eigenvalue weighted by molar-refractivity contribution is 9.10. The third-order valence-electron chi connectivity index (χ3n) is 7.28. The molecule has 2 aromatic heterocycles. The summed E-state index contributed by atoms with van der Waals surface area (Å²) in [6, 6.07) is 24.6. The van der Waals surface area contributed by atoms with Crippen LogP contribution in [0.4, 0.5) is 4.79 Å². The van der Waals surface area contributed by atoms with Crippen molar-refractivity contribution in [2.45, 2.75) is 58.5 Å². The van der Waals surface area contributed by atoms with Gasteiger partial charge in [-0.2, -0.15) is 5.10 Å². The fraction of sp³-hybridized carbons (Fsp3) is 0.273. The van der Waals surface area contributed by atoms with Crippen LogP contribution in [0.3, 0.4) is 0 Å². The summed E-state index contributed by atoms with van der Waals surface area (Å²) in [6.45, 7) is 6.16. The number of nitrogens with one attached hydrogen (secondary N) is 1. The third-order valence-corrected chi connectivity index (χ3v) is 7.78. The number of ether oxygens (including phenoxy) is 2. The summed E-state index contributed by atoms with van der Waals surface area (Å²) >= 11 is 3.53. The number of hydrogen-bond acceptors (Lipinski definition) is 6. The topological polar surface area (TPSA) is 102 Å². The number of hydrogen-bond donors (Lipinski definition) is 1. The van der Waals surface area contributed by atoms with E-state index in [2.05, 4.69) is 30.7 Å². The summed E-state index contributed by atoms with van der Waals surface area (Å²) in [7, 11) is 0. The van der Waals surface area contributed by atoms with Crippen LogP contribution in [0.1, 0.15) is 43.3 Å². The molecule has 1 unspecified atom stereocenters. The van der Waals surface area contributed by atoms with E-state index >= 15 is 0 Å². The summed E-state index contributed by atoms with van der Waals surface area (Å²) in [5.41, 5.74) is 4.30. The third kappa shape index (κ3) is 6.19. The Balaban J connectivity index is 1.42. The molecule has 3 heterocycles. The average Bonchev–Trinajstić information content (AvgIpc) is 3.55. The van der Waals surface area contributed by atoms with Crippen LogP contribution in [0, 0.1) is 0 Å². The lowest BCUT2D eigenvalue weighted by Gasteiger charge is -2.35. The van der Waals surface area contributed by atoms with Crippen molar-refractivity contribution in [2.24, 2.45) is 0 Å². The van der Waals surface area contributed by atoms with Crippen LogP contribution in [0.5, 0.6) is 0 Å². The summed E-state index contributed by atoms with van der Waals surface area (Å²) in [5.74, 6) is 0.152. The number of amides is 1. The second kappa shape index (κ2) is 11.7. The molecule has 1 N–H and O–H groups in total. The number of carbonyl (C=O) groups is 2. The molecule has 0 aliphatic carbocycles. The van der Waals surface area contributed by atoms with Crippen molar-refractivity contribution >= 4 is 38.9 Å². The Morgan fingerprint density at radius 3 is 2.40 bits per heavy atom.